The number of aromatic nitrogens is 1. The fourth-order valence-corrected chi connectivity index (χ4v) is 7.56. The second kappa shape index (κ2) is 17.0. The maximum atomic E-state index is 15.9. The third-order valence-electron chi connectivity index (χ3n) is 10.2. The van der Waals surface area contributed by atoms with E-state index in [9.17, 15) is 23.6 Å². The van der Waals surface area contributed by atoms with Gasteiger partial charge in [-0.2, -0.15) is 13.5 Å². The van der Waals surface area contributed by atoms with Crippen LogP contribution in [0.2, 0.25) is 10.0 Å². The van der Waals surface area contributed by atoms with Gasteiger partial charge in [-0.05, 0) is 92.1 Å². The van der Waals surface area contributed by atoms with Gasteiger partial charge in [0.05, 0.1) is 17.9 Å². The summed E-state index contributed by atoms with van der Waals surface area (Å²) < 4.78 is 65.2. The van der Waals surface area contributed by atoms with Gasteiger partial charge in [-0.15, -0.1) is 0 Å². The summed E-state index contributed by atoms with van der Waals surface area (Å²) in [4.78, 5) is 29.6. The Morgan fingerprint density at radius 1 is 0.927 bits per heavy atom. The minimum atomic E-state index is -3.12. The maximum absolute atomic E-state index is 15.9. The van der Waals surface area contributed by atoms with E-state index in [1.165, 1.54) is 30.3 Å². The van der Waals surface area contributed by atoms with Gasteiger partial charge in [0.2, 0.25) is 0 Å². The third kappa shape index (κ3) is 9.57. The van der Waals surface area contributed by atoms with Crippen LogP contribution in [0.1, 0.15) is 64.9 Å². The Bertz CT molecular complexity index is 1990. The number of esters is 2. The summed E-state index contributed by atoms with van der Waals surface area (Å²) in [5.41, 5.74) is 0.936. The standard InChI is InChI=1S/C40H38Cl2F3N3O7/c41-29-19-48(51)20-30(42)28(29)18-34(26-9-11-33(55-40(44)45)35(17-26)52-22-23-6-7-23)53-38(49)27-8-10-32(31(43)16-27)46-37(25-4-2-1-3-5-25)39(50)54-36-21-47-14-12-24(36)13-15-47/h1-5,8-11,16-17,19-20,23-24,34,36-37,40,46H,6-7,12-15,18,21-22H2/t34-,36-,37?/m0/s1. The molecule has 0 amide bonds. The Hall–Kier alpha value is -4.72. The number of hydrogen-bond acceptors (Lipinski definition) is 9. The molecule has 0 spiro atoms. The smallest absolute Gasteiger partial charge is 0.387 e. The van der Waals surface area contributed by atoms with Gasteiger partial charge < -0.3 is 29.5 Å². The highest BCUT2D eigenvalue weighted by Crippen LogP contribution is 2.38. The molecule has 4 aliphatic rings. The molecule has 1 unspecified atom stereocenters. The quantitative estimate of drug-likeness (QED) is 0.0725. The van der Waals surface area contributed by atoms with Gasteiger partial charge in [0.25, 0.3) is 0 Å². The Kier molecular flexibility index (Phi) is 11.9. The molecule has 1 aromatic heterocycles. The molecule has 0 radical (unpaired) electrons. The lowest BCUT2D eigenvalue weighted by Crippen LogP contribution is -2.52. The first kappa shape index (κ1) is 38.6. The van der Waals surface area contributed by atoms with Crippen molar-refractivity contribution in [2.24, 2.45) is 11.8 Å². The van der Waals surface area contributed by atoms with Crippen LogP contribution >= 0.6 is 23.2 Å². The van der Waals surface area contributed by atoms with Gasteiger partial charge in [0.15, 0.2) is 29.9 Å². The van der Waals surface area contributed by atoms with E-state index >= 15 is 4.39 Å². The average Bonchev–Trinajstić information content (AvgIpc) is 4.00. The van der Waals surface area contributed by atoms with Crippen molar-refractivity contribution in [3.63, 3.8) is 0 Å². The van der Waals surface area contributed by atoms with E-state index in [0.717, 1.165) is 57.2 Å². The highest BCUT2D eigenvalue weighted by Gasteiger charge is 2.38. The number of benzene rings is 3. The van der Waals surface area contributed by atoms with Crippen molar-refractivity contribution in [3.8, 4) is 11.5 Å². The van der Waals surface area contributed by atoms with E-state index in [1.807, 2.05) is 0 Å². The van der Waals surface area contributed by atoms with Gasteiger partial charge >= 0.3 is 18.6 Å². The highest BCUT2D eigenvalue weighted by molar-refractivity contribution is 6.35. The van der Waals surface area contributed by atoms with Crippen LogP contribution in [0.3, 0.4) is 0 Å². The van der Waals surface area contributed by atoms with E-state index in [2.05, 4.69) is 15.0 Å². The van der Waals surface area contributed by atoms with Crippen LogP contribution in [-0.2, 0) is 20.7 Å². The highest BCUT2D eigenvalue weighted by atomic mass is 35.5. The van der Waals surface area contributed by atoms with Crippen molar-refractivity contribution < 1.29 is 46.4 Å². The number of ether oxygens (including phenoxy) is 4. The predicted molar refractivity (Wildman–Crippen MR) is 197 cm³/mol. The number of alkyl halides is 2. The van der Waals surface area contributed by atoms with Gasteiger partial charge in [-0.25, -0.2) is 14.0 Å². The number of nitrogens with zero attached hydrogens (tertiary/aromatic N) is 2. The number of halogens is 5. The molecule has 1 aliphatic carbocycles. The van der Waals surface area contributed by atoms with Crippen molar-refractivity contribution in [3.05, 3.63) is 122 Å². The molecule has 55 heavy (non-hydrogen) atoms. The molecule has 1 N–H and O–H groups in total. The minimum absolute atomic E-state index is 0.00659. The van der Waals surface area contributed by atoms with Crippen LogP contribution < -0.4 is 19.5 Å². The Morgan fingerprint density at radius 2 is 1.65 bits per heavy atom. The van der Waals surface area contributed by atoms with E-state index < -0.39 is 36.5 Å². The summed E-state index contributed by atoms with van der Waals surface area (Å²) in [5.74, 6) is -1.95. The number of anilines is 1. The monoisotopic (exact) mass is 799 g/mol. The number of carbonyl (C=O) groups is 2. The molecule has 3 aliphatic heterocycles. The van der Waals surface area contributed by atoms with E-state index in [4.69, 9.17) is 37.4 Å². The molecule has 8 rings (SSSR count). The van der Waals surface area contributed by atoms with Gasteiger partial charge in [-0.1, -0.05) is 59.6 Å². The molecule has 3 aromatic carbocycles. The average molecular weight is 801 g/mol. The van der Waals surface area contributed by atoms with Crippen LogP contribution in [0.15, 0.2) is 79.1 Å². The lowest BCUT2D eigenvalue weighted by molar-refractivity contribution is -0.605. The first-order valence-corrected chi connectivity index (χ1v) is 18.8. The first-order chi connectivity index (χ1) is 26.5. The molecule has 10 nitrogen and oxygen atoms in total. The lowest BCUT2D eigenvalue weighted by atomic mass is 9.86. The molecule has 1 saturated carbocycles. The van der Waals surface area contributed by atoms with Crippen LogP contribution in [0.4, 0.5) is 18.9 Å². The van der Waals surface area contributed by atoms with Crippen molar-refractivity contribution in [2.45, 2.75) is 57.0 Å². The van der Waals surface area contributed by atoms with Gasteiger partial charge in [-0.3, -0.25) is 4.90 Å². The van der Waals surface area contributed by atoms with E-state index in [1.54, 1.807) is 30.3 Å². The molecule has 3 atom stereocenters. The third-order valence-corrected chi connectivity index (χ3v) is 10.8. The molecule has 290 valence electrons. The largest absolute Gasteiger partial charge is 0.619 e. The van der Waals surface area contributed by atoms with Crippen molar-refractivity contribution >= 4 is 40.8 Å². The molecular weight excluding hydrogens is 762 g/mol. The number of rotatable bonds is 15. The minimum Gasteiger partial charge on any atom is -0.619 e. The van der Waals surface area contributed by atoms with Gasteiger partial charge in [0, 0.05) is 18.5 Å². The summed E-state index contributed by atoms with van der Waals surface area (Å²) in [7, 11) is 0. The Balaban J connectivity index is 1.13. The summed E-state index contributed by atoms with van der Waals surface area (Å²) >= 11 is 12.8. The number of nitrogens with one attached hydrogen (secondary N) is 1. The number of fused-ring (bicyclic) bond motifs is 3. The summed E-state index contributed by atoms with van der Waals surface area (Å²) in [6, 6.07) is 15.6. The lowest BCUT2D eigenvalue weighted by Gasteiger charge is -2.44. The van der Waals surface area contributed by atoms with E-state index in [-0.39, 0.29) is 69.3 Å². The zero-order chi connectivity index (χ0) is 38.6. The Morgan fingerprint density at radius 3 is 2.29 bits per heavy atom. The molecule has 2 bridgehead atoms. The second-order valence-electron chi connectivity index (χ2n) is 14.0. The van der Waals surface area contributed by atoms with Crippen molar-refractivity contribution in [2.75, 3.05) is 31.6 Å². The molecule has 4 fully saturated rings. The number of hydrogen-bond donors (Lipinski definition) is 1. The predicted octanol–water partition coefficient (Wildman–Crippen LogP) is 8.09. The zero-order valence-electron chi connectivity index (χ0n) is 29.5. The van der Waals surface area contributed by atoms with Crippen LogP contribution in [0.25, 0.3) is 0 Å². The fraction of sp³-hybridized carbons (Fsp3) is 0.375. The topological polar surface area (TPSA) is 113 Å². The van der Waals surface area contributed by atoms with Gasteiger partial charge in [0.1, 0.15) is 28.1 Å². The number of pyridine rings is 1. The summed E-state index contributed by atoms with van der Waals surface area (Å²) in [5, 5.41) is 14.9. The number of piperidine rings is 3. The van der Waals surface area contributed by atoms with Crippen LogP contribution in [0.5, 0.6) is 11.5 Å². The second-order valence-corrected chi connectivity index (χ2v) is 14.8. The molecule has 4 aromatic rings. The van der Waals surface area contributed by atoms with E-state index in [0.29, 0.717) is 22.4 Å². The van der Waals surface area contributed by atoms with Crippen LogP contribution in [-0.4, -0.2) is 55.8 Å². The first-order valence-electron chi connectivity index (χ1n) is 18.0. The zero-order valence-corrected chi connectivity index (χ0v) is 31.0. The number of carbonyl (C=O) groups excluding carboxylic acids is 2. The van der Waals surface area contributed by atoms with Crippen LogP contribution in [0, 0.1) is 22.9 Å². The molecule has 15 heteroatoms. The Labute approximate surface area is 325 Å². The molecular formula is C40H38Cl2F3N3O7. The summed E-state index contributed by atoms with van der Waals surface area (Å²) in [6.07, 6.45) is 4.39. The SMILES string of the molecule is O=C(O[C@@H](Cc1c(Cl)c[n+]([O-])cc1Cl)c1ccc(OC(F)F)c(OCC2CC2)c1)c1ccc(NC(C(=O)O[C@H]2CN3CCC2CC3)c2ccccc2)c(F)c1. The summed E-state index contributed by atoms with van der Waals surface area (Å²) in [6.45, 7) is -0.223. The van der Waals surface area contributed by atoms with Crippen molar-refractivity contribution in [1.82, 2.24) is 4.90 Å². The normalized spacial score (nSPS) is 20.1. The fourth-order valence-electron chi connectivity index (χ4n) is 6.96. The van der Waals surface area contributed by atoms with Crippen molar-refractivity contribution in [1.29, 1.82) is 0 Å². The maximum Gasteiger partial charge on any atom is 0.387 e. The molecule has 4 heterocycles. The molecule has 3 saturated heterocycles.